The van der Waals surface area contributed by atoms with Gasteiger partial charge in [-0.25, -0.2) is 4.68 Å². The van der Waals surface area contributed by atoms with Crippen LogP contribution in [0.2, 0.25) is 0 Å². The van der Waals surface area contributed by atoms with Gasteiger partial charge in [-0.2, -0.15) is 5.10 Å². The van der Waals surface area contributed by atoms with E-state index in [0.29, 0.717) is 5.92 Å². The van der Waals surface area contributed by atoms with Gasteiger partial charge in [0.05, 0.1) is 18.4 Å². The molecule has 1 N–H and O–H groups in total. The van der Waals surface area contributed by atoms with E-state index in [4.69, 9.17) is 4.74 Å². The second-order valence-electron chi connectivity index (χ2n) is 6.61. The minimum Gasteiger partial charge on any atom is -0.481 e. The van der Waals surface area contributed by atoms with Crippen LogP contribution in [0.5, 0.6) is 5.88 Å². The van der Waals surface area contributed by atoms with Crippen molar-refractivity contribution in [2.45, 2.75) is 47.1 Å². The summed E-state index contributed by atoms with van der Waals surface area (Å²) < 4.78 is 7.25. The molecule has 0 radical (unpaired) electrons. The quantitative estimate of drug-likeness (QED) is 0.900. The van der Waals surface area contributed by atoms with Crippen LogP contribution in [0.4, 0.5) is 0 Å². The summed E-state index contributed by atoms with van der Waals surface area (Å²) in [6, 6.07) is 0. The number of hydrogen-bond acceptors (Lipinski definition) is 3. The van der Waals surface area contributed by atoms with Crippen LogP contribution in [-0.4, -0.2) is 29.0 Å². The highest BCUT2D eigenvalue weighted by molar-refractivity contribution is 5.61. The highest BCUT2D eigenvalue weighted by Crippen LogP contribution is 2.25. The molecule has 1 aromatic heterocycles. The Morgan fingerprint density at radius 2 is 2.00 bits per heavy atom. The number of nitrogens with zero attached hydrogens (tertiary/aromatic N) is 2. The highest BCUT2D eigenvalue weighted by atomic mass is 16.5. The fraction of sp³-hybridized carbons (Fsp3) is 0.688. The second-order valence-corrected chi connectivity index (χ2v) is 6.61. The summed E-state index contributed by atoms with van der Waals surface area (Å²) in [7, 11) is 3.60. The molecule has 0 bridgehead atoms. The van der Waals surface area contributed by atoms with Gasteiger partial charge < -0.3 is 10.1 Å². The van der Waals surface area contributed by atoms with Gasteiger partial charge in [0.15, 0.2) is 0 Å². The number of methoxy groups -OCH3 is 1. The standard InChI is InChI=1S/C16H29N3O/c1-11(2)13(10-17-16(4,5)6)9-14-12(3)18-19(7)15(14)20-8/h9,11,17H,10H2,1-8H3/b13-9-. The Balaban J connectivity index is 3.09. The molecule has 4 nitrogen and oxygen atoms in total. The summed E-state index contributed by atoms with van der Waals surface area (Å²) in [6.45, 7) is 13.9. The average molecular weight is 279 g/mol. The molecule has 0 spiro atoms. The first-order valence-corrected chi connectivity index (χ1v) is 7.18. The Hall–Kier alpha value is -1.29. The van der Waals surface area contributed by atoms with Crippen LogP contribution in [0.15, 0.2) is 5.57 Å². The Bertz CT molecular complexity index is 479. The maximum absolute atomic E-state index is 5.46. The zero-order valence-corrected chi connectivity index (χ0v) is 14.2. The molecule has 1 heterocycles. The van der Waals surface area contributed by atoms with Gasteiger partial charge in [0.2, 0.25) is 5.88 Å². The van der Waals surface area contributed by atoms with Gasteiger partial charge in [0.1, 0.15) is 0 Å². The lowest BCUT2D eigenvalue weighted by Gasteiger charge is -2.23. The molecule has 1 aromatic rings. The smallest absolute Gasteiger partial charge is 0.218 e. The summed E-state index contributed by atoms with van der Waals surface area (Å²) in [5.41, 5.74) is 3.55. The average Bonchev–Trinajstić information content (AvgIpc) is 2.56. The molecule has 0 saturated heterocycles. The van der Waals surface area contributed by atoms with Crippen molar-refractivity contribution in [2.75, 3.05) is 13.7 Å². The summed E-state index contributed by atoms with van der Waals surface area (Å²) >= 11 is 0. The minimum atomic E-state index is 0.113. The number of hydrogen-bond donors (Lipinski definition) is 1. The van der Waals surface area contributed by atoms with Crippen LogP contribution in [-0.2, 0) is 7.05 Å². The fourth-order valence-electron chi connectivity index (χ4n) is 2.04. The molecule has 0 atom stereocenters. The van der Waals surface area contributed by atoms with Crippen LogP contribution in [0.1, 0.15) is 45.9 Å². The van der Waals surface area contributed by atoms with Crippen molar-refractivity contribution in [3.8, 4) is 5.88 Å². The van der Waals surface area contributed by atoms with Gasteiger partial charge in [-0.15, -0.1) is 0 Å². The molecule has 0 amide bonds. The monoisotopic (exact) mass is 279 g/mol. The van der Waals surface area contributed by atoms with E-state index in [9.17, 15) is 0 Å². The first-order valence-electron chi connectivity index (χ1n) is 7.18. The maximum atomic E-state index is 5.46. The number of aromatic nitrogens is 2. The first-order chi connectivity index (χ1) is 9.15. The Labute approximate surface area is 123 Å². The molecule has 0 fully saturated rings. The van der Waals surface area contributed by atoms with Gasteiger partial charge in [0.25, 0.3) is 0 Å². The van der Waals surface area contributed by atoms with E-state index in [0.717, 1.165) is 23.7 Å². The largest absolute Gasteiger partial charge is 0.481 e. The van der Waals surface area contributed by atoms with E-state index in [1.807, 2.05) is 14.0 Å². The van der Waals surface area contributed by atoms with E-state index in [-0.39, 0.29) is 5.54 Å². The van der Waals surface area contributed by atoms with Gasteiger partial charge in [-0.05, 0) is 39.7 Å². The van der Waals surface area contributed by atoms with E-state index in [1.165, 1.54) is 5.57 Å². The van der Waals surface area contributed by atoms with Crippen molar-refractivity contribution in [3.63, 3.8) is 0 Å². The SMILES string of the molecule is COc1c(/C=C(/CNC(C)(C)C)C(C)C)c(C)nn1C. The molecule has 0 aliphatic carbocycles. The van der Waals surface area contributed by atoms with E-state index in [2.05, 4.69) is 51.1 Å². The molecule has 0 aliphatic heterocycles. The Morgan fingerprint density at radius 3 is 2.45 bits per heavy atom. The third-order valence-electron chi connectivity index (χ3n) is 3.30. The first kappa shape index (κ1) is 16.8. The third-order valence-corrected chi connectivity index (χ3v) is 3.30. The van der Waals surface area contributed by atoms with Crippen LogP contribution >= 0.6 is 0 Å². The molecule has 0 aliphatic rings. The Kier molecular flexibility index (Phi) is 5.40. The predicted molar refractivity (Wildman–Crippen MR) is 85.1 cm³/mol. The molecule has 1 rings (SSSR count). The summed E-state index contributed by atoms with van der Waals surface area (Å²) in [4.78, 5) is 0. The van der Waals surface area contributed by atoms with E-state index >= 15 is 0 Å². The number of aryl methyl sites for hydroxylation is 2. The summed E-state index contributed by atoms with van der Waals surface area (Å²) in [5, 5.41) is 7.98. The molecular formula is C16H29N3O. The molecule has 0 unspecified atom stereocenters. The van der Waals surface area contributed by atoms with Crippen molar-refractivity contribution in [1.82, 2.24) is 15.1 Å². The predicted octanol–water partition coefficient (Wildman–Crippen LogP) is 3.16. The zero-order chi connectivity index (χ0) is 15.5. The number of rotatable bonds is 5. The van der Waals surface area contributed by atoms with Gasteiger partial charge in [0, 0.05) is 19.1 Å². The molecule has 0 saturated carbocycles. The number of nitrogens with one attached hydrogen (secondary N) is 1. The second kappa shape index (κ2) is 6.44. The molecule has 114 valence electrons. The van der Waals surface area contributed by atoms with Crippen LogP contribution in [0, 0.1) is 12.8 Å². The summed E-state index contributed by atoms with van der Waals surface area (Å²) in [6.07, 6.45) is 2.21. The van der Waals surface area contributed by atoms with Crippen LogP contribution < -0.4 is 10.1 Å². The molecule has 20 heavy (non-hydrogen) atoms. The topological polar surface area (TPSA) is 39.1 Å². The Morgan fingerprint density at radius 1 is 1.40 bits per heavy atom. The zero-order valence-electron chi connectivity index (χ0n) is 14.2. The maximum Gasteiger partial charge on any atom is 0.218 e. The lowest BCUT2D eigenvalue weighted by atomic mass is 9.98. The van der Waals surface area contributed by atoms with Gasteiger partial charge in [-0.1, -0.05) is 19.4 Å². The van der Waals surface area contributed by atoms with Crippen molar-refractivity contribution >= 4 is 6.08 Å². The van der Waals surface area contributed by atoms with Crippen molar-refractivity contribution in [1.29, 1.82) is 0 Å². The van der Waals surface area contributed by atoms with E-state index < -0.39 is 0 Å². The van der Waals surface area contributed by atoms with Gasteiger partial charge >= 0.3 is 0 Å². The summed E-state index contributed by atoms with van der Waals surface area (Å²) in [5.74, 6) is 1.30. The molecule has 0 aromatic carbocycles. The van der Waals surface area contributed by atoms with Crippen molar-refractivity contribution < 1.29 is 4.74 Å². The highest BCUT2D eigenvalue weighted by Gasteiger charge is 2.15. The third kappa shape index (κ3) is 4.37. The molecule has 4 heteroatoms. The molecular weight excluding hydrogens is 250 g/mol. The minimum absolute atomic E-state index is 0.113. The van der Waals surface area contributed by atoms with Crippen LogP contribution in [0.3, 0.4) is 0 Å². The van der Waals surface area contributed by atoms with Crippen LogP contribution in [0.25, 0.3) is 6.08 Å². The van der Waals surface area contributed by atoms with E-state index in [1.54, 1.807) is 11.8 Å². The fourth-order valence-corrected chi connectivity index (χ4v) is 2.04. The lowest BCUT2D eigenvalue weighted by Crippen LogP contribution is -2.37. The lowest BCUT2D eigenvalue weighted by molar-refractivity contribution is 0.372. The number of ether oxygens (including phenoxy) is 1. The normalized spacial score (nSPS) is 13.2. The van der Waals surface area contributed by atoms with Crippen molar-refractivity contribution in [3.05, 3.63) is 16.8 Å². The van der Waals surface area contributed by atoms with Crippen molar-refractivity contribution in [2.24, 2.45) is 13.0 Å². The van der Waals surface area contributed by atoms with Gasteiger partial charge in [-0.3, -0.25) is 0 Å².